The van der Waals surface area contributed by atoms with Gasteiger partial charge < -0.3 is 9.80 Å². The molecule has 0 bridgehead atoms. The molecule has 8 aromatic rings. The molecular weight excluding hydrogens is 575 g/mol. The zero-order chi connectivity index (χ0) is 30.2. The minimum absolute atomic E-state index is 0.1000. The molecule has 214 valence electrons. The van der Waals surface area contributed by atoms with Gasteiger partial charge in [-0.25, -0.2) is 0 Å². The summed E-state index contributed by atoms with van der Waals surface area (Å²) in [5.41, 5.74) is 13.8. The zero-order valence-corrected chi connectivity index (χ0v) is 25.8. The van der Waals surface area contributed by atoms with Gasteiger partial charge in [-0.05, 0) is 82.6 Å². The Hall–Kier alpha value is -5.58. The minimum atomic E-state index is 0.1000. The molecule has 0 N–H and O–H groups in total. The average Bonchev–Trinajstić information content (AvgIpc) is 3.50. The summed E-state index contributed by atoms with van der Waals surface area (Å²) in [4.78, 5) is 4.95. The molecule has 10 rings (SSSR count). The standard InChI is InChI=1S/C42H27BN2S/c1-3-13-29(14-4-1)44-36-21-9-8-19-34(36)43-35-20-11-18-31(28-25-26-40-33(27-28)32-17-7-10-24-39(32)46-40)42(35)45(30-15-5-2-6-16-30)38-23-12-22-37(44)41(38)43/h1-27H. The van der Waals surface area contributed by atoms with Gasteiger partial charge in [0.05, 0.1) is 0 Å². The molecule has 0 amide bonds. The van der Waals surface area contributed by atoms with Gasteiger partial charge in [0, 0.05) is 59.9 Å². The van der Waals surface area contributed by atoms with E-state index in [0.717, 1.165) is 5.69 Å². The monoisotopic (exact) mass is 602 g/mol. The summed E-state index contributed by atoms with van der Waals surface area (Å²) in [6.45, 7) is 0.1000. The maximum absolute atomic E-state index is 2.51. The first-order chi connectivity index (χ1) is 22.8. The van der Waals surface area contributed by atoms with Crippen LogP contribution in [-0.4, -0.2) is 6.71 Å². The lowest BCUT2D eigenvalue weighted by molar-refractivity contribution is 1.25. The molecule has 3 heterocycles. The molecule has 0 saturated carbocycles. The number of nitrogens with zero attached hydrogens (tertiary/aromatic N) is 2. The van der Waals surface area contributed by atoms with Gasteiger partial charge in [0.25, 0.3) is 6.71 Å². The van der Waals surface area contributed by atoms with E-state index in [1.807, 2.05) is 11.3 Å². The van der Waals surface area contributed by atoms with Crippen LogP contribution < -0.4 is 26.2 Å². The molecule has 2 aliphatic rings. The summed E-state index contributed by atoms with van der Waals surface area (Å²) in [5.74, 6) is 0. The quantitative estimate of drug-likeness (QED) is 0.186. The summed E-state index contributed by atoms with van der Waals surface area (Å²) in [6.07, 6.45) is 0. The summed E-state index contributed by atoms with van der Waals surface area (Å²) >= 11 is 1.87. The average molecular weight is 603 g/mol. The van der Waals surface area contributed by atoms with Crippen molar-refractivity contribution in [2.45, 2.75) is 0 Å². The van der Waals surface area contributed by atoms with E-state index in [0.29, 0.717) is 0 Å². The third-order valence-corrected chi connectivity index (χ3v) is 10.8. The first kappa shape index (κ1) is 25.7. The van der Waals surface area contributed by atoms with Gasteiger partial charge in [-0.3, -0.25) is 0 Å². The molecule has 2 aliphatic heterocycles. The third kappa shape index (κ3) is 3.65. The maximum atomic E-state index is 2.51. The summed E-state index contributed by atoms with van der Waals surface area (Å²) in [6, 6.07) is 60.2. The first-order valence-electron chi connectivity index (χ1n) is 15.8. The fourth-order valence-corrected chi connectivity index (χ4v) is 8.85. The zero-order valence-electron chi connectivity index (χ0n) is 25.0. The van der Waals surface area contributed by atoms with Crippen molar-refractivity contribution in [2.24, 2.45) is 0 Å². The highest BCUT2D eigenvalue weighted by Crippen LogP contribution is 2.47. The van der Waals surface area contributed by atoms with Gasteiger partial charge in [-0.1, -0.05) is 103 Å². The van der Waals surface area contributed by atoms with Gasteiger partial charge in [-0.2, -0.15) is 0 Å². The lowest BCUT2D eigenvalue weighted by atomic mass is 9.33. The van der Waals surface area contributed by atoms with Crippen molar-refractivity contribution in [1.29, 1.82) is 0 Å². The number of anilines is 6. The Labute approximate surface area is 272 Å². The minimum Gasteiger partial charge on any atom is -0.311 e. The summed E-state index contributed by atoms with van der Waals surface area (Å²) in [5, 5.41) is 2.65. The van der Waals surface area contributed by atoms with Crippen LogP contribution in [0.15, 0.2) is 164 Å². The van der Waals surface area contributed by atoms with Crippen LogP contribution >= 0.6 is 11.3 Å². The lowest BCUT2D eigenvalue weighted by Crippen LogP contribution is -2.61. The second-order valence-corrected chi connectivity index (χ2v) is 13.2. The van der Waals surface area contributed by atoms with E-state index in [2.05, 4.69) is 174 Å². The second-order valence-electron chi connectivity index (χ2n) is 12.1. The molecule has 0 aliphatic carbocycles. The molecular formula is C42H27BN2S. The van der Waals surface area contributed by atoms with Crippen LogP contribution in [0, 0.1) is 0 Å². The Kier molecular flexibility index (Phi) is 5.57. The van der Waals surface area contributed by atoms with Crippen molar-refractivity contribution in [3.8, 4) is 11.1 Å². The predicted octanol–water partition coefficient (Wildman–Crippen LogP) is 9.80. The highest BCUT2D eigenvalue weighted by Gasteiger charge is 2.43. The van der Waals surface area contributed by atoms with Crippen molar-refractivity contribution >= 4 is 88.7 Å². The summed E-state index contributed by atoms with van der Waals surface area (Å²) < 4.78 is 2.66. The molecule has 7 aromatic carbocycles. The first-order valence-corrected chi connectivity index (χ1v) is 16.6. The molecule has 0 saturated heterocycles. The van der Waals surface area contributed by atoms with E-state index >= 15 is 0 Å². The van der Waals surface area contributed by atoms with E-state index in [1.165, 1.54) is 76.1 Å². The number of thiophene rings is 1. The van der Waals surface area contributed by atoms with Crippen molar-refractivity contribution in [1.82, 2.24) is 0 Å². The van der Waals surface area contributed by atoms with E-state index in [9.17, 15) is 0 Å². The number of rotatable bonds is 3. The van der Waals surface area contributed by atoms with E-state index < -0.39 is 0 Å². The molecule has 0 fully saturated rings. The second kappa shape index (κ2) is 9.97. The SMILES string of the molecule is c1ccc(N2c3ccccc3B3c4cccc(-c5ccc6sc7ccccc7c6c5)c4N(c4ccccc4)c4cccc2c43)cc1. The van der Waals surface area contributed by atoms with E-state index in [1.54, 1.807) is 0 Å². The largest absolute Gasteiger partial charge is 0.311 e. The van der Waals surface area contributed by atoms with Crippen LogP contribution in [-0.2, 0) is 0 Å². The van der Waals surface area contributed by atoms with Gasteiger partial charge >= 0.3 is 0 Å². The fraction of sp³-hybridized carbons (Fsp3) is 0. The fourth-order valence-electron chi connectivity index (χ4n) is 7.76. The number of benzene rings is 7. The van der Waals surface area contributed by atoms with Gasteiger partial charge in [0.2, 0.25) is 0 Å². The number of hydrogen-bond acceptors (Lipinski definition) is 3. The van der Waals surface area contributed by atoms with Crippen molar-refractivity contribution < 1.29 is 0 Å². The molecule has 46 heavy (non-hydrogen) atoms. The Morgan fingerprint density at radius 1 is 0.435 bits per heavy atom. The molecule has 4 heteroatoms. The number of fused-ring (bicyclic) bond motifs is 7. The van der Waals surface area contributed by atoms with Crippen LogP contribution in [0.5, 0.6) is 0 Å². The maximum Gasteiger partial charge on any atom is 0.252 e. The van der Waals surface area contributed by atoms with Crippen LogP contribution in [0.3, 0.4) is 0 Å². The number of para-hydroxylation sites is 4. The Morgan fingerprint density at radius 2 is 1.04 bits per heavy atom. The normalized spacial score (nSPS) is 13.1. The lowest BCUT2D eigenvalue weighted by Gasteiger charge is -2.44. The predicted molar refractivity (Wildman–Crippen MR) is 199 cm³/mol. The van der Waals surface area contributed by atoms with Crippen molar-refractivity contribution in [3.63, 3.8) is 0 Å². The van der Waals surface area contributed by atoms with E-state index in [4.69, 9.17) is 0 Å². The van der Waals surface area contributed by atoms with Gasteiger partial charge in [-0.15, -0.1) is 11.3 Å². The Morgan fingerprint density at radius 3 is 1.87 bits per heavy atom. The molecule has 0 spiro atoms. The van der Waals surface area contributed by atoms with Gasteiger partial charge in [0.1, 0.15) is 0 Å². The van der Waals surface area contributed by atoms with Crippen molar-refractivity contribution in [2.75, 3.05) is 9.80 Å². The van der Waals surface area contributed by atoms with Crippen LogP contribution in [0.2, 0.25) is 0 Å². The highest BCUT2D eigenvalue weighted by atomic mass is 32.1. The van der Waals surface area contributed by atoms with Crippen molar-refractivity contribution in [3.05, 3.63) is 164 Å². The third-order valence-electron chi connectivity index (χ3n) is 9.64. The molecule has 2 nitrogen and oxygen atoms in total. The molecule has 0 unspecified atom stereocenters. The molecule has 0 atom stereocenters. The molecule has 1 aromatic heterocycles. The summed E-state index contributed by atoms with van der Waals surface area (Å²) in [7, 11) is 0. The molecule has 0 radical (unpaired) electrons. The topological polar surface area (TPSA) is 6.48 Å². The van der Waals surface area contributed by atoms with Crippen LogP contribution in [0.1, 0.15) is 0 Å². The van der Waals surface area contributed by atoms with Crippen LogP contribution in [0.25, 0.3) is 31.3 Å². The smallest absolute Gasteiger partial charge is 0.252 e. The number of hydrogen-bond donors (Lipinski definition) is 0. The Balaban J connectivity index is 1.29. The Bertz CT molecular complexity index is 2450. The van der Waals surface area contributed by atoms with E-state index in [-0.39, 0.29) is 6.71 Å². The van der Waals surface area contributed by atoms with Gasteiger partial charge in [0.15, 0.2) is 0 Å². The highest BCUT2D eigenvalue weighted by molar-refractivity contribution is 7.25. The van der Waals surface area contributed by atoms with Crippen LogP contribution in [0.4, 0.5) is 34.1 Å².